The van der Waals surface area contributed by atoms with Crippen LogP contribution in [0.3, 0.4) is 0 Å². The number of hydrogen-bond donors (Lipinski definition) is 3. The molecular weight excluding hydrogens is 540 g/mol. The second-order valence-electron chi connectivity index (χ2n) is 9.51. The summed E-state index contributed by atoms with van der Waals surface area (Å²) in [5.41, 5.74) is 4.66. The van der Waals surface area contributed by atoms with Crippen LogP contribution < -0.4 is 5.32 Å². The van der Waals surface area contributed by atoms with Crippen LogP contribution in [0.1, 0.15) is 32.9 Å². The molecule has 13 heteroatoms. The van der Waals surface area contributed by atoms with Crippen molar-refractivity contribution >= 4 is 35.0 Å². The average Bonchev–Trinajstić information content (AvgIpc) is 3.39. The molecule has 4 heterocycles. The molecule has 42 heavy (non-hydrogen) atoms. The number of nitrogens with one attached hydrogen (secondary N) is 2. The molecule has 0 unspecified atom stereocenters. The van der Waals surface area contributed by atoms with Gasteiger partial charge in [0.25, 0.3) is 0 Å². The van der Waals surface area contributed by atoms with Crippen molar-refractivity contribution in [2.24, 2.45) is 0 Å². The minimum atomic E-state index is -0.962. The van der Waals surface area contributed by atoms with Crippen LogP contribution in [0.25, 0.3) is 33.5 Å². The Balaban J connectivity index is 0.00000405. The molecule has 5 rings (SSSR count). The van der Waals surface area contributed by atoms with Gasteiger partial charge in [0.15, 0.2) is 5.82 Å². The first-order chi connectivity index (χ1) is 19.9. The summed E-state index contributed by atoms with van der Waals surface area (Å²) < 4.78 is 4.97. The molecule has 13 nitrogen and oxygen atoms in total. The maximum atomic E-state index is 12.2. The highest BCUT2D eigenvalue weighted by molar-refractivity contribution is 5.96. The Morgan fingerprint density at radius 3 is 2.45 bits per heavy atom. The number of nitrogens with zero attached hydrogens (tertiary/aromatic N) is 6. The van der Waals surface area contributed by atoms with Crippen molar-refractivity contribution in [1.29, 1.82) is 0 Å². The molecule has 1 fully saturated rings. The number of piperazine rings is 1. The van der Waals surface area contributed by atoms with Crippen LogP contribution in [-0.2, 0) is 20.9 Å². The van der Waals surface area contributed by atoms with Gasteiger partial charge in [-0.15, -0.1) is 0 Å². The number of ether oxygens (including phenoxy) is 1. The van der Waals surface area contributed by atoms with Crippen LogP contribution in [0.4, 0.5) is 10.7 Å². The third-order valence-electron chi connectivity index (χ3n) is 6.71. The minimum absolute atomic E-state index is 0. The standard InChI is InChI=1S/C28H30N8O5.CH4/c1-2-41-28(40)34-27-32-22-15-19(14-21(25(22)33-27)26-29-8-3-9-30-26)18-4-5-20(31-16-18)17-35-10-12-36(13-11-35)23(37)6-7-24(38)39;/h3-5,8-9,14-16H,2,6-7,10-13,17H2,1H3,(H,38,39)(H2,32,33,34,40);1H4. The topological polar surface area (TPSA) is 167 Å². The van der Waals surface area contributed by atoms with Gasteiger partial charge in [-0.2, -0.15) is 0 Å². The fraction of sp³-hybridized carbons (Fsp3) is 0.345. The Hall–Kier alpha value is -4.91. The molecule has 1 aliphatic heterocycles. The SMILES string of the molecule is C.CCOC(=O)Nc1nc2c(-c3ncccn3)cc(-c3ccc(CN4CCN(C(=O)CCC(=O)O)CC4)nc3)cc2[nH]1. The van der Waals surface area contributed by atoms with Gasteiger partial charge in [0.2, 0.25) is 11.9 Å². The predicted octanol–water partition coefficient (Wildman–Crippen LogP) is 3.80. The van der Waals surface area contributed by atoms with E-state index in [0.717, 1.165) is 16.8 Å². The number of hydrogen-bond acceptors (Lipinski definition) is 9. The van der Waals surface area contributed by atoms with Crippen molar-refractivity contribution < 1.29 is 24.2 Å². The number of carbonyl (C=O) groups is 3. The van der Waals surface area contributed by atoms with Crippen molar-refractivity contribution in [2.45, 2.75) is 33.7 Å². The number of carbonyl (C=O) groups excluding carboxylic acids is 2. The van der Waals surface area contributed by atoms with E-state index in [1.165, 1.54) is 0 Å². The molecule has 0 saturated carbocycles. The number of H-pyrrole nitrogens is 1. The van der Waals surface area contributed by atoms with Crippen molar-refractivity contribution in [1.82, 2.24) is 34.7 Å². The van der Waals surface area contributed by atoms with Gasteiger partial charge in [0.1, 0.15) is 5.52 Å². The molecule has 0 spiro atoms. The van der Waals surface area contributed by atoms with E-state index in [0.29, 0.717) is 55.1 Å². The fourth-order valence-electron chi connectivity index (χ4n) is 4.66. The molecule has 220 valence electrons. The lowest BCUT2D eigenvalue weighted by Crippen LogP contribution is -2.48. The lowest BCUT2D eigenvalue weighted by molar-refractivity contribution is -0.141. The number of aliphatic carboxylic acids is 1. The summed E-state index contributed by atoms with van der Waals surface area (Å²) in [6.07, 6.45) is 4.42. The Bertz CT molecular complexity index is 1530. The van der Waals surface area contributed by atoms with Crippen molar-refractivity contribution in [3.63, 3.8) is 0 Å². The lowest BCUT2D eigenvalue weighted by Gasteiger charge is -2.34. The maximum absolute atomic E-state index is 12.2. The number of imidazole rings is 1. The summed E-state index contributed by atoms with van der Waals surface area (Å²) in [7, 11) is 0. The third kappa shape index (κ3) is 7.23. The zero-order valence-electron chi connectivity index (χ0n) is 22.5. The van der Waals surface area contributed by atoms with E-state index in [-0.39, 0.29) is 38.7 Å². The van der Waals surface area contributed by atoms with E-state index in [1.807, 2.05) is 30.5 Å². The highest BCUT2D eigenvalue weighted by Crippen LogP contribution is 2.32. The van der Waals surface area contributed by atoms with Gasteiger partial charge in [-0.3, -0.25) is 24.8 Å². The summed E-state index contributed by atoms with van der Waals surface area (Å²) >= 11 is 0. The number of carboxylic acids is 1. The quantitative estimate of drug-likeness (QED) is 0.268. The number of benzene rings is 1. The van der Waals surface area contributed by atoms with Crippen LogP contribution in [0.5, 0.6) is 0 Å². The number of carboxylic acid groups (broad SMARTS) is 1. The molecule has 1 saturated heterocycles. The van der Waals surface area contributed by atoms with E-state index in [2.05, 4.69) is 35.1 Å². The summed E-state index contributed by atoms with van der Waals surface area (Å²) in [5.74, 6) is -0.326. The maximum Gasteiger partial charge on any atom is 0.413 e. The number of aromatic nitrogens is 5. The first-order valence-corrected chi connectivity index (χ1v) is 13.3. The normalized spacial score (nSPS) is 13.4. The van der Waals surface area contributed by atoms with Gasteiger partial charge in [0.05, 0.1) is 24.2 Å². The Kier molecular flexibility index (Phi) is 9.76. The smallest absolute Gasteiger partial charge is 0.413 e. The minimum Gasteiger partial charge on any atom is -0.481 e. The van der Waals surface area contributed by atoms with Crippen molar-refractivity contribution in [2.75, 3.05) is 38.1 Å². The van der Waals surface area contributed by atoms with E-state index in [1.54, 1.807) is 30.3 Å². The zero-order chi connectivity index (χ0) is 28.8. The van der Waals surface area contributed by atoms with Crippen LogP contribution in [-0.4, -0.2) is 90.6 Å². The van der Waals surface area contributed by atoms with E-state index < -0.39 is 12.1 Å². The molecule has 0 radical (unpaired) electrons. The van der Waals surface area contributed by atoms with Gasteiger partial charge in [-0.25, -0.2) is 19.7 Å². The first-order valence-electron chi connectivity index (χ1n) is 13.3. The number of amides is 2. The number of aromatic amines is 1. The van der Waals surface area contributed by atoms with Gasteiger partial charge in [0, 0.05) is 68.9 Å². The van der Waals surface area contributed by atoms with Crippen molar-refractivity contribution in [3.05, 3.63) is 54.6 Å². The summed E-state index contributed by atoms with van der Waals surface area (Å²) in [5, 5.41) is 11.4. The van der Waals surface area contributed by atoms with Gasteiger partial charge >= 0.3 is 12.1 Å². The average molecular weight is 575 g/mol. The lowest BCUT2D eigenvalue weighted by atomic mass is 10.0. The van der Waals surface area contributed by atoms with E-state index >= 15 is 0 Å². The molecule has 1 aliphatic rings. The van der Waals surface area contributed by atoms with Gasteiger partial charge in [-0.1, -0.05) is 13.5 Å². The molecule has 0 atom stereocenters. The molecule has 3 N–H and O–H groups in total. The second kappa shape index (κ2) is 13.6. The molecule has 2 amide bonds. The Morgan fingerprint density at radius 2 is 1.79 bits per heavy atom. The largest absolute Gasteiger partial charge is 0.481 e. The molecule has 1 aromatic carbocycles. The molecule has 3 aromatic heterocycles. The van der Waals surface area contributed by atoms with E-state index in [4.69, 9.17) is 9.84 Å². The summed E-state index contributed by atoms with van der Waals surface area (Å²) in [6, 6.07) is 9.59. The molecular formula is C29H34N8O5. The van der Waals surface area contributed by atoms with Crippen LogP contribution >= 0.6 is 0 Å². The molecule has 0 bridgehead atoms. The van der Waals surface area contributed by atoms with Crippen LogP contribution in [0.15, 0.2) is 48.9 Å². The Morgan fingerprint density at radius 1 is 1.02 bits per heavy atom. The second-order valence-corrected chi connectivity index (χ2v) is 9.51. The van der Waals surface area contributed by atoms with Gasteiger partial charge in [-0.05, 0) is 36.8 Å². The summed E-state index contributed by atoms with van der Waals surface area (Å²) in [4.78, 5) is 60.0. The molecule has 4 aromatic rings. The first kappa shape index (κ1) is 30.1. The van der Waals surface area contributed by atoms with Crippen LogP contribution in [0.2, 0.25) is 0 Å². The zero-order valence-corrected chi connectivity index (χ0v) is 22.5. The number of rotatable bonds is 9. The fourth-order valence-corrected chi connectivity index (χ4v) is 4.66. The molecule has 0 aliphatic carbocycles. The highest BCUT2D eigenvalue weighted by atomic mass is 16.5. The number of pyridine rings is 1. The third-order valence-corrected chi connectivity index (χ3v) is 6.71. The van der Waals surface area contributed by atoms with Crippen LogP contribution in [0, 0.1) is 0 Å². The summed E-state index contributed by atoms with van der Waals surface area (Å²) in [6.45, 7) is 5.14. The van der Waals surface area contributed by atoms with Crippen molar-refractivity contribution in [3.8, 4) is 22.5 Å². The van der Waals surface area contributed by atoms with E-state index in [9.17, 15) is 14.4 Å². The Labute approximate surface area is 243 Å². The number of anilines is 1. The van der Waals surface area contributed by atoms with Gasteiger partial charge < -0.3 is 19.7 Å². The monoisotopic (exact) mass is 574 g/mol. The number of fused-ring (bicyclic) bond motifs is 1. The highest BCUT2D eigenvalue weighted by Gasteiger charge is 2.22. The predicted molar refractivity (Wildman–Crippen MR) is 156 cm³/mol.